The molecule has 0 fully saturated rings. The molecule has 1 aromatic rings. The van der Waals surface area contributed by atoms with Gasteiger partial charge in [0.15, 0.2) is 0 Å². The molecular weight excluding hydrogens is 313 g/mol. The van der Waals surface area contributed by atoms with E-state index in [1.54, 1.807) is 13.8 Å². The summed E-state index contributed by atoms with van der Waals surface area (Å²) in [6, 6.07) is 3.50. The van der Waals surface area contributed by atoms with Crippen LogP contribution in [0.15, 0.2) is 23.1 Å². The summed E-state index contributed by atoms with van der Waals surface area (Å²) >= 11 is 11.6. The van der Waals surface area contributed by atoms with Crippen LogP contribution < -0.4 is 0 Å². The van der Waals surface area contributed by atoms with Gasteiger partial charge in [0, 0.05) is 11.1 Å². The highest BCUT2D eigenvalue weighted by Crippen LogP contribution is 2.28. The van der Waals surface area contributed by atoms with Crippen molar-refractivity contribution in [1.82, 2.24) is 4.31 Å². The lowest BCUT2D eigenvalue weighted by atomic mass is 10.4. The summed E-state index contributed by atoms with van der Waals surface area (Å²) in [5.74, 6) is -1.24. The summed E-state index contributed by atoms with van der Waals surface area (Å²) in [7, 11) is -4.01. The topological polar surface area (TPSA) is 74.7 Å². The molecule has 0 spiro atoms. The van der Waals surface area contributed by atoms with E-state index in [2.05, 4.69) is 0 Å². The van der Waals surface area contributed by atoms with Gasteiger partial charge in [0.25, 0.3) is 0 Å². The number of hydrogen-bond donors (Lipinski definition) is 1. The zero-order chi connectivity index (χ0) is 14.8. The van der Waals surface area contributed by atoms with E-state index in [9.17, 15) is 13.2 Å². The van der Waals surface area contributed by atoms with Crippen LogP contribution >= 0.6 is 23.2 Å². The van der Waals surface area contributed by atoms with Crippen molar-refractivity contribution < 1.29 is 18.3 Å². The molecule has 106 valence electrons. The summed E-state index contributed by atoms with van der Waals surface area (Å²) < 4.78 is 25.7. The predicted molar refractivity (Wildman–Crippen MR) is 73.1 cm³/mol. The number of sulfonamides is 1. The van der Waals surface area contributed by atoms with Crippen LogP contribution in [0.4, 0.5) is 0 Å². The molecule has 0 aromatic heterocycles. The summed E-state index contributed by atoms with van der Waals surface area (Å²) in [4.78, 5) is 10.6. The van der Waals surface area contributed by atoms with Gasteiger partial charge in [-0.25, -0.2) is 8.42 Å². The highest BCUT2D eigenvalue weighted by molar-refractivity contribution is 7.89. The third-order valence-electron chi connectivity index (χ3n) is 2.35. The van der Waals surface area contributed by atoms with Gasteiger partial charge in [-0.1, -0.05) is 23.2 Å². The van der Waals surface area contributed by atoms with Crippen LogP contribution in [0.3, 0.4) is 0 Å². The monoisotopic (exact) mass is 325 g/mol. The third-order valence-corrected chi connectivity index (χ3v) is 5.09. The second-order valence-corrected chi connectivity index (χ2v) is 6.82. The van der Waals surface area contributed by atoms with Crippen LogP contribution in [0, 0.1) is 0 Å². The lowest BCUT2D eigenvalue weighted by Gasteiger charge is -2.24. The minimum absolute atomic E-state index is 0.000406. The molecule has 0 saturated heterocycles. The van der Waals surface area contributed by atoms with Crippen LogP contribution in [0.5, 0.6) is 0 Å². The van der Waals surface area contributed by atoms with Crippen LogP contribution in [0.25, 0.3) is 0 Å². The van der Waals surface area contributed by atoms with Crippen molar-refractivity contribution in [1.29, 1.82) is 0 Å². The Morgan fingerprint density at radius 3 is 2.42 bits per heavy atom. The Kier molecular flexibility index (Phi) is 5.20. The molecule has 1 aromatic carbocycles. The molecule has 5 nitrogen and oxygen atoms in total. The molecule has 0 aliphatic heterocycles. The summed E-state index contributed by atoms with van der Waals surface area (Å²) in [5.41, 5.74) is 0. The average molecular weight is 326 g/mol. The van der Waals surface area contributed by atoms with Crippen molar-refractivity contribution in [2.45, 2.75) is 24.8 Å². The highest BCUT2D eigenvalue weighted by Gasteiger charge is 2.30. The smallest absolute Gasteiger partial charge is 0.318 e. The van der Waals surface area contributed by atoms with E-state index in [0.29, 0.717) is 0 Å². The zero-order valence-electron chi connectivity index (χ0n) is 10.3. The molecule has 0 saturated carbocycles. The van der Waals surface area contributed by atoms with Gasteiger partial charge in [0.05, 0.1) is 5.02 Å². The second kappa shape index (κ2) is 6.09. The Hall–Kier alpha value is -0.820. The maximum absolute atomic E-state index is 12.4. The minimum Gasteiger partial charge on any atom is -0.480 e. The molecule has 8 heteroatoms. The molecule has 1 N–H and O–H groups in total. The Morgan fingerprint density at radius 2 is 1.95 bits per heavy atom. The first kappa shape index (κ1) is 16.2. The van der Waals surface area contributed by atoms with E-state index in [1.165, 1.54) is 18.2 Å². The molecule has 0 radical (unpaired) electrons. The SMILES string of the molecule is CC(C)N(CC(=O)O)S(=O)(=O)c1cc(Cl)ccc1Cl. The van der Waals surface area contributed by atoms with E-state index >= 15 is 0 Å². The van der Waals surface area contributed by atoms with Crippen LogP contribution in [0.1, 0.15) is 13.8 Å². The van der Waals surface area contributed by atoms with Gasteiger partial charge in [-0.05, 0) is 32.0 Å². The van der Waals surface area contributed by atoms with Crippen molar-refractivity contribution in [3.63, 3.8) is 0 Å². The Bertz CT molecular complexity index is 586. The summed E-state index contributed by atoms with van der Waals surface area (Å²) in [5, 5.41) is 9.01. The molecule has 0 bridgehead atoms. The molecule has 0 aliphatic rings. The largest absolute Gasteiger partial charge is 0.480 e. The number of carboxylic acid groups (broad SMARTS) is 1. The Balaban J connectivity index is 3.34. The number of aliphatic carboxylic acids is 1. The van der Waals surface area contributed by atoms with E-state index in [1.807, 2.05) is 0 Å². The number of hydrogen-bond acceptors (Lipinski definition) is 3. The fourth-order valence-electron chi connectivity index (χ4n) is 1.48. The van der Waals surface area contributed by atoms with Gasteiger partial charge < -0.3 is 5.11 Å². The zero-order valence-corrected chi connectivity index (χ0v) is 12.6. The number of rotatable bonds is 5. The number of nitrogens with zero attached hydrogens (tertiary/aromatic N) is 1. The van der Waals surface area contributed by atoms with Crippen molar-refractivity contribution in [3.8, 4) is 0 Å². The van der Waals surface area contributed by atoms with Crippen molar-refractivity contribution in [3.05, 3.63) is 28.2 Å². The molecule has 0 heterocycles. The molecule has 0 atom stereocenters. The first-order valence-corrected chi connectivity index (χ1v) is 7.54. The first-order valence-electron chi connectivity index (χ1n) is 5.35. The molecule has 0 amide bonds. The van der Waals surface area contributed by atoms with E-state index in [-0.39, 0.29) is 14.9 Å². The van der Waals surface area contributed by atoms with Crippen LogP contribution in [-0.4, -0.2) is 36.4 Å². The maximum atomic E-state index is 12.4. The van der Waals surface area contributed by atoms with E-state index in [4.69, 9.17) is 28.3 Å². The third kappa shape index (κ3) is 3.82. The highest BCUT2D eigenvalue weighted by atomic mass is 35.5. The Morgan fingerprint density at radius 1 is 1.37 bits per heavy atom. The fraction of sp³-hybridized carbons (Fsp3) is 0.364. The van der Waals surface area contributed by atoms with Gasteiger partial charge in [0.1, 0.15) is 11.4 Å². The van der Waals surface area contributed by atoms with Gasteiger partial charge >= 0.3 is 5.97 Å². The molecule has 19 heavy (non-hydrogen) atoms. The van der Waals surface area contributed by atoms with Crippen LogP contribution in [0.2, 0.25) is 10.0 Å². The molecular formula is C11H13Cl2NO4S. The van der Waals surface area contributed by atoms with Crippen molar-refractivity contribution in [2.24, 2.45) is 0 Å². The van der Waals surface area contributed by atoms with E-state index < -0.39 is 28.6 Å². The normalized spacial score (nSPS) is 12.1. The van der Waals surface area contributed by atoms with Gasteiger partial charge in [-0.15, -0.1) is 0 Å². The Labute approximate surface area is 121 Å². The number of carboxylic acids is 1. The fourth-order valence-corrected chi connectivity index (χ4v) is 3.80. The van der Waals surface area contributed by atoms with Crippen molar-refractivity contribution >= 4 is 39.2 Å². The molecule has 0 unspecified atom stereocenters. The number of halogens is 2. The lowest BCUT2D eigenvalue weighted by molar-refractivity contribution is -0.137. The lowest BCUT2D eigenvalue weighted by Crippen LogP contribution is -2.40. The second-order valence-electron chi connectivity index (χ2n) is 4.11. The first-order chi connectivity index (χ1) is 8.66. The van der Waals surface area contributed by atoms with Crippen LogP contribution in [-0.2, 0) is 14.8 Å². The summed E-state index contributed by atoms with van der Waals surface area (Å²) in [6.07, 6.45) is 0. The van der Waals surface area contributed by atoms with Gasteiger partial charge in [-0.3, -0.25) is 4.79 Å². The van der Waals surface area contributed by atoms with Gasteiger partial charge in [-0.2, -0.15) is 4.31 Å². The minimum atomic E-state index is -4.01. The number of benzene rings is 1. The number of carbonyl (C=O) groups is 1. The standard InChI is InChI=1S/C11H13Cl2NO4S/c1-7(2)14(6-11(15)16)19(17,18)10-5-8(12)3-4-9(10)13/h3-5,7H,6H2,1-2H3,(H,15,16). The molecule has 0 aliphatic carbocycles. The van der Waals surface area contributed by atoms with Crippen molar-refractivity contribution in [2.75, 3.05) is 6.54 Å². The quantitative estimate of drug-likeness (QED) is 0.902. The van der Waals surface area contributed by atoms with Gasteiger partial charge in [0.2, 0.25) is 10.0 Å². The maximum Gasteiger partial charge on any atom is 0.318 e. The predicted octanol–water partition coefficient (Wildman–Crippen LogP) is 2.48. The van der Waals surface area contributed by atoms with E-state index in [0.717, 1.165) is 4.31 Å². The summed E-state index contributed by atoms with van der Waals surface area (Å²) in [6.45, 7) is 2.53. The average Bonchev–Trinajstić information content (AvgIpc) is 2.28. The molecule has 1 rings (SSSR count).